The molecular formula is C12H25N. The molecule has 1 saturated carbocycles. The minimum atomic E-state index is 0.859. The molecule has 0 bridgehead atoms. The largest absolute Gasteiger partial charge is 0.306 e. The fraction of sp³-hybridized carbons (Fsp3) is 1.00. The van der Waals surface area contributed by atoms with Crippen LogP contribution in [0.1, 0.15) is 57.8 Å². The molecule has 0 spiro atoms. The molecule has 0 aromatic rings. The number of nitrogens with zero attached hydrogens (tertiary/aromatic N) is 1. The van der Waals surface area contributed by atoms with Crippen LogP contribution in [0.15, 0.2) is 0 Å². The monoisotopic (exact) mass is 183 g/mol. The lowest BCUT2D eigenvalue weighted by molar-refractivity contribution is 0.248. The lowest BCUT2D eigenvalue weighted by atomic mass is 9.97. The van der Waals surface area contributed by atoms with Crippen LogP contribution >= 0.6 is 0 Å². The summed E-state index contributed by atoms with van der Waals surface area (Å²) in [5, 5.41) is 0. The average molecular weight is 183 g/mol. The van der Waals surface area contributed by atoms with Gasteiger partial charge in [-0.25, -0.2) is 0 Å². The Kier molecular flexibility index (Phi) is 5.45. The van der Waals surface area contributed by atoms with Crippen molar-refractivity contribution in [2.75, 3.05) is 14.1 Å². The highest BCUT2D eigenvalue weighted by atomic mass is 15.1. The molecule has 1 rings (SSSR count). The summed E-state index contributed by atoms with van der Waals surface area (Å²) in [4.78, 5) is 2.42. The molecule has 0 aromatic carbocycles. The minimum absolute atomic E-state index is 0.859. The van der Waals surface area contributed by atoms with Crippen LogP contribution in [0.2, 0.25) is 0 Å². The van der Waals surface area contributed by atoms with Crippen molar-refractivity contribution in [3.05, 3.63) is 0 Å². The van der Waals surface area contributed by atoms with E-state index in [1.165, 1.54) is 57.8 Å². The first-order valence-electron chi connectivity index (χ1n) is 5.97. The molecule has 1 aliphatic rings. The summed E-state index contributed by atoms with van der Waals surface area (Å²) < 4.78 is 0. The van der Waals surface area contributed by atoms with Crippen LogP contribution in [0.4, 0.5) is 0 Å². The first-order chi connectivity index (χ1) is 6.30. The molecule has 0 N–H and O–H groups in total. The normalized spacial score (nSPS) is 23.3. The minimum Gasteiger partial charge on any atom is -0.306 e. The van der Waals surface area contributed by atoms with Gasteiger partial charge in [0.25, 0.3) is 0 Å². The highest BCUT2D eigenvalue weighted by Gasteiger charge is 2.11. The van der Waals surface area contributed by atoms with Crippen molar-refractivity contribution in [1.82, 2.24) is 4.90 Å². The summed E-state index contributed by atoms with van der Waals surface area (Å²) in [6.45, 7) is 0. The summed E-state index contributed by atoms with van der Waals surface area (Å²) in [6.07, 6.45) is 13.1. The Hall–Kier alpha value is -0.0400. The molecule has 78 valence electrons. The Bertz CT molecular complexity index is 110. The van der Waals surface area contributed by atoms with Crippen molar-refractivity contribution < 1.29 is 0 Å². The van der Waals surface area contributed by atoms with E-state index in [2.05, 4.69) is 19.0 Å². The van der Waals surface area contributed by atoms with Crippen molar-refractivity contribution >= 4 is 0 Å². The zero-order valence-electron chi connectivity index (χ0n) is 9.39. The Balaban J connectivity index is 2.26. The van der Waals surface area contributed by atoms with Gasteiger partial charge in [0.2, 0.25) is 0 Å². The maximum Gasteiger partial charge on any atom is 0.00891 e. The van der Waals surface area contributed by atoms with Crippen molar-refractivity contribution in [3.8, 4) is 0 Å². The smallest absolute Gasteiger partial charge is 0.00891 e. The molecule has 1 nitrogen and oxygen atoms in total. The van der Waals surface area contributed by atoms with E-state index in [1.54, 1.807) is 0 Å². The van der Waals surface area contributed by atoms with Crippen LogP contribution < -0.4 is 0 Å². The molecule has 1 aliphatic carbocycles. The van der Waals surface area contributed by atoms with Gasteiger partial charge >= 0.3 is 0 Å². The maximum atomic E-state index is 2.42. The molecule has 0 heterocycles. The average Bonchev–Trinajstić information content (AvgIpc) is 2.14. The summed E-state index contributed by atoms with van der Waals surface area (Å²) in [5.74, 6) is 0. The molecular weight excluding hydrogens is 158 g/mol. The fourth-order valence-electron chi connectivity index (χ4n) is 2.30. The molecule has 0 aliphatic heterocycles. The Morgan fingerprint density at radius 2 is 1.08 bits per heavy atom. The van der Waals surface area contributed by atoms with Crippen molar-refractivity contribution in [3.63, 3.8) is 0 Å². The first kappa shape index (κ1) is 11.0. The Morgan fingerprint density at radius 3 is 1.46 bits per heavy atom. The van der Waals surface area contributed by atoms with E-state index in [-0.39, 0.29) is 0 Å². The summed E-state index contributed by atoms with van der Waals surface area (Å²) in [5.41, 5.74) is 0. The molecule has 1 fully saturated rings. The van der Waals surface area contributed by atoms with E-state index in [0.29, 0.717) is 0 Å². The predicted molar refractivity (Wildman–Crippen MR) is 59.0 cm³/mol. The highest BCUT2D eigenvalue weighted by molar-refractivity contribution is 4.67. The van der Waals surface area contributed by atoms with Gasteiger partial charge in [-0.05, 0) is 26.9 Å². The van der Waals surface area contributed by atoms with Gasteiger partial charge in [0.05, 0.1) is 0 Å². The van der Waals surface area contributed by atoms with Crippen LogP contribution in [0.3, 0.4) is 0 Å². The van der Waals surface area contributed by atoms with Crippen LogP contribution in [0.5, 0.6) is 0 Å². The zero-order valence-corrected chi connectivity index (χ0v) is 9.39. The van der Waals surface area contributed by atoms with E-state index >= 15 is 0 Å². The SMILES string of the molecule is CN(C)C1CCCCCCCCC1. The Morgan fingerprint density at radius 1 is 0.692 bits per heavy atom. The molecule has 0 atom stereocenters. The van der Waals surface area contributed by atoms with Gasteiger partial charge in [-0.3, -0.25) is 0 Å². The second kappa shape index (κ2) is 6.42. The van der Waals surface area contributed by atoms with Gasteiger partial charge in [0.15, 0.2) is 0 Å². The van der Waals surface area contributed by atoms with Crippen LogP contribution in [-0.4, -0.2) is 25.0 Å². The molecule has 13 heavy (non-hydrogen) atoms. The molecule has 0 aromatic heterocycles. The van der Waals surface area contributed by atoms with Crippen molar-refractivity contribution in [2.45, 2.75) is 63.8 Å². The highest BCUT2D eigenvalue weighted by Crippen LogP contribution is 2.18. The Labute approximate surface area is 83.5 Å². The summed E-state index contributed by atoms with van der Waals surface area (Å²) in [7, 11) is 4.47. The van der Waals surface area contributed by atoms with Gasteiger partial charge in [0, 0.05) is 6.04 Å². The third kappa shape index (κ3) is 4.66. The maximum absolute atomic E-state index is 2.42. The third-order valence-corrected chi connectivity index (χ3v) is 3.30. The summed E-state index contributed by atoms with van der Waals surface area (Å²) in [6, 6.07) is 0.859. The number of hydrogen-bond acceptors (Lipinski definition) is 1. The third-order valence-electron chi connectivity index (χ3n) is 3.30. The van der Waals surface area contributed by atoms with E-state index < -0.39 is 0 Å². The van der Waals surface area contributed by atoms with Gasteiger partial charge in [-0.15, -0.1) is 0 Å². The lowest BCUT2D eigenvalue weighted by Gasteiger charge is -2.25. The lowest BCUT2D eigenvalue weighted by Crippen LogP contribution is -2.27. The topological polar surface area (TPSA) is 3.24 Å². The van der Waals surface area contributed by atoms with E-state index in [4.69, 9.17) is 0 Å². The van der Waals surface area contributed by atoms with Crippen LogP contribution in [0, 0.1) is 0 Å². The molecule has 0 saturated heterocycles. The van der Waals surface area contributed by atoms with E-state index in [9.17, 15) is 0 Å². The second-order valence-electron chi connectivity index (χ2n) is 4.67. The molecule has 0 unspecified atom stereocenters. The second-order valence-corrected chi connectivity index (χ2v) is 4.67. The standard InChI is InChI=1S/C12H25N/c1-13(2)12-10-8-6-4-3-5-7-9-11-12/h12H,3-11H2,1-2H3. The zero-order chi connectivity index (χ0) is 9.52. The van der Waals surface area contributed by atoms with Crippen LogP contribution in [0.25, 0.3) is 0 Å². The molecule has 0 amide bonds. The van der Waals surface area contributed by atoms with Gasteiger partial charge < -0.3 is 4.90 Å². The number of rotatable bonds is 1. The van der Waals surface area contributed by atoms with Gasteiger partial charge in [-0.2, -0.15) is 0 Å². The van der Waals surface area contributed by atoms with E-state index in [0.717, 1.165) is 6.04 Å². The van der Waals surface area contributed by atoms with Crippen LogP contribution in [-0.2, 0) is 0 Å². The molecule has 0 radical (unpaired) electrons. The first-order valence-corrected chi connectivity index (χ1v) is 5.97. The summed E-state index contributed by atoms with van der Waals surface area (Å²) >= 11 is 0. The van der Waals surface area contributed by atoms with Crippen molar-refractivity contribution in [2.24, 2.45) is 0 Å². The quantitative estimate of drug-likeness (QED) is 0.602. The van der Waals surface area contributed by atoms with Crippen molar-refractivity contribution in [1.29, 1.82) is 0 Å². The fourth-order valence-corrected chi connectivity index (χ4v) is 2.30. The van der Waals surface area contributed by atoms with Gasteiger partial charge in [0.1, 0.15) is 0 Å². The number of hydrogen-bond donors (Lipinski definition) is 0. The van der Waals surface area contributed by atoms with E-state index in [1.807, 2.05) is 0 Å². The molecule has 1 heteroatoms. The van der Waals surface area contributed by atoms with Gasteiger partial charge in [-0.1, -0.05) is 44.9 Å². The predicted octanol–water partition coefficient (Wildman–Crippen LogP) is 3.44.